The Morgan fingerprint density at radius 2 is 2.00 bits per heavy atom. The van der Waals surface area contributed by atoms with Gasteiger partial charge in [-0.3, -0.25) is 0 Å². The Morgan fingerprint density at radius 3 is 2.81 bits per heavy atom. The van der Waals surface area contributed by atoms with Gasteiger partial charge >= 0.3 is 0 Å². The maximum absolute atomic E-state index is 2.46. The van der Waals surface area contributed by atoms with Gasteiger partial charge in [-0.05, 0) is 37.1 Å². The summed E-state index contributed by atoms with van der Waals surface area (Å²) in [6.07, 6.45) is 7.99. The lowest BCUT2D eigenvalue weighted by molar-refractivity contribution is 0.764. The van der Waals surface area contributed by atoms with Crippen LogP contribution in [0.2, 0.25) is 0 Å². The number of benzene rings is 1. The monoisotopic (exact) mass is 227 g/mol. The zero-order valence-electron chi connectivity index (χ0n) is 9.39. The SMILES string of the molecule is CC1=C[S+](c2ccccc2)C2=CC=CCC12. The van der Waals surface area contributed by atoms with Crippen LogP contribution < -0.4 is 0 Å². The van der Waals surface area contributed by atoms with E-state index in [2.05, 4.69) is 60.9 Å². The normalized spacial score (nSPS) is 27.3. The Hall–Kier alpha value is -1.21. The topological polar surface area (TPSA) is 0 Å². The van der Waals surface area contributed by atoms with Gasteiger partial charge in [0.05, 0.1) is 16.8 Å². The van der Waals surface area contributed by atoms with E-state index >= 15 is 0 Å². The summed E-state index contributed by atoms with van der Waals surface area (Å²) in [5.74, 6) is 0.675. The summed E-state index contributed by atoms with van der Waals surface area (Å²) in [5.41, 5.74) is 1.54. The number of fused-ring (bicyclic) bond motifs is 1. The lowest BCUT2D eigenvalue weighted by Crippen LogP contribution is -2.07. The van der Waals surface area contributed by atoms with Crippen molar-refractivity contribution in [2.45, 2.75) is 18.2 Å². The molecule has 3 rings (SSSR count). The zero-order chi connectivity index (χ0) is 11.0. The van der Waals surface area contributed by atoms with E-state index in [0.29, 0.717) is 5.92 Å². The van der Waals surface area contributed by atoms with Crippen LogP contribution in [0.1, 0.15) is 13.3 Å². The average molecular weight is 227 g/mol. The molecular formula is C15H15S+. The van der Waals surface area contributed by atoms with E-state index < -0.39 is 0 Å². The van der Waals surface area contributed by atoms with Gasteiger partial charge in [-0.1, -0.05) is 30.4 Å². The van der Waals surface area contributed by atoms with Crippen LogP contribution in [0.5, 0.6) is 0 Å². The molecule has 0 fully saturated rings. The molecule has 1 aromatic rings. The Labute approximate surface area is 99.7 Å². The molecule has 0 bridgehead atoms. The molecule has 1 aliphatic heterocycles. The van der Waals surface area contributed by atoms with Crippen LogP contribution in [0.15, 0.2) is 69.3 Å². The fraction of sp³-hybridized carbons (Fsp3) is 0.200. The lowest BCUT2D eigenvalue weighted by atomic mass is 9.95. The first-order valence-corrected chi connectivity index (χ1v) is 6.98. The van der Waals surface area contributed by atoms with Crippen LogP contribution in [0.3, 0.4) is 0 Å². The minimum absolute atomic E-state index is 0.211. The number of hydrogen-bond acceptors (Lipinski definition) is 0. The lowest BCUT2D eigenvalue weighted by Gasteiger charge is -2.11. The second-order valence-corrected chi connectivity index (χ2v) is 6.15. The Bertz CT molecular complexity index is 479. The number of allylic oxidation sites excluding steroid dienone is 5. The Morgan fingerprint density at radius 1 is 1.19 bits per heavy atom. The van der Waals surface area contributed by atoms with Crippen molar-refractivity contribution in [2.24, 2.45) is 5.92 Å². The van der Waals surface area contributed by atoms with E-state index in [-0.39, 0.29) is 10.9 Å². The van der Waals surface area contributed by atoms with Gasteiger partial charge in [0.2, 0.25) is 0 Å². The van der Waals surface area contributed by atoms with Crippen LogP contribution in [0.4, 0.5) is 0 Å². The highest BCUT2D eigenvalue weighted by Crippen LogP contribution is 2.43. The third-order valence-electron chi connectivity index (χ3n) is 3.22. The van der Waals surface area contributed by atoms with Crippen molar-refractivity contribution in [3.05, 3.63) is 64.4 Å². The van der Waals surface area contributed by atoms with E-state index in [1.54, 1.807) is 10.5 Å². The van der Waals surface area contributed by atoms with Crippen molar-refractivity contribution in [1.82, 2.24) is 0 Å². The van der Waals surface area contributed by atoms with Crippen molar-refractivity contribution < 1.29 is 0 Å². The average Bonchev–Trinajstić information content (AvgIpc) is 2.69. The van der Waals surface area contributed by atoms with E-state index in [1.807, 2.05) is 0 Å². The molecule has 0 amide bonds. The van der Waals surface area contributed by atoms with Gasteiger partial charge in [0.1, 0.15) is 5.41 Å². The standard InChI is InChI=1S/C15H15S/c1-12-11-16(13-7-3-2-4-8-13)15-10-6-5-9-14(12)15/h2-8,10-11,14H,9H2,1H3/q+1. The third kappa shape index (κ3) is 1.56. The van der Waals surface area contributed by atoms with Crippen LogP contribution in [0, 0.1) is 5.92 Å². The number of rotatable bonds is 1. The molecule has 1 heterocycles. The largest absolute Gasteiger partial charge is 0.165 e. The van der Waals surface area contributed by atoms with E-state index in [9.17, 15) is 0 Å². The van der Waals surface area contributed by atoms with Crippen molar-refractivity contribution >= 4 is 10.9 Å². The third-order valence-corrected chi connectivity index (χ3v) is 5.53. The Balaban J connectivity index is 2.03. The number of hydrogen-bond donors (Lipinski definition) is 0. The van der Waals surface area contributed by atoms with E-state index in [0.717, 1.165) is 0 Å². The summed E-state index contributed by atoms with van der Waals surface area (Å²) in [5, 5.41) is 2.46. The van der Waals surface area contributed by atoms with Gasteiger partial charge in [0.25, 0.3) is 0 Å². The van der Waals surface area contributed by atoms with Gasteiger partial charge < -0.3 is 0 Å². The fourth-order valence-electron chi connectivity index (χ4n) is 2.35. The van der Waals surface area contributed by atoms with Crippen LogP contribution in [-0.4, -0.2) is 0 Å². The molecule has 0 radical (unpaired) electrons. The molecule has 80 valence electrons. The second kappa shape index (κ2) is 3.99. The summed E-state index contributed by atoms with van der Waals surface area (Å²) in [6, 6.07) is 10.9. The van der Waals surface area contributed by atoms with Gasteiger partial charge in [-0.25, -0.2) is 0 Å². The van der Waals surface area contributed by atoms with Gasteiger partial charge in [0.15, 0.2) is 9.80 Å². The minimum atomic E-state index is 0.211. The summed E-state index contributed by atoms with van der Waals surface area (Å²) in [4.78, 5) is 3.05. The van der Waals surface area contributed by atoms with Crippen LogP contribution >= 0.6 is 0 Å². The smallest absolute Gasteiger partial charge is 0.0833 e. The first-order valence-electron chi connectivity index (χ1n) is 5.69. The Kier molecular flexibility index (Phi) is 2.49. The van der Waals surface area contributed by atoms with Crippen molar-refractivity contribution in [2.75, 3.05) is 0 Å². The van der Waals surface area contributed by atoms with Gasteiger partial charge in [-0.15, -0.1) is 0 Å². The predicted octanol–water partition coefficient (Wildman–Crippen LogP) is 4.04. The zero-order valence-corrected chi connectivity index (χ0v) is 10.2. The molecule has 0 aromatic heterocycles. The van der Waals surface area contributed by atoms with Crippen LogP contribution in [0.25, 0.3) is 0 Å². The van der Waals surface area contributed by atoms with E-state index in [4.69, 9.17) is 0 Å². The molecular weight excluding hydrogens is 212 g/mol. The van der Waals surface area contributed by atoms with Gasteiger partial charge in [-0.2, -0.15) is 0 Å². The maximum Gasteiger partial charge on any atom is 0.165 e. The molecule has 1 aromatic carbocycles. The van der Waals surface area contributed by atoms with Crippen molar-refractivity contribution in [3.63, 3.8) is 0 Å². The molecule has 0 saturated heterocycles. The molecule has 2 unspecified atom stereocenters. The van der Waals surface area contributed by atoms with E-state index in [1.165, 1.54) is 11.3 Å². The highest BCUT2D eigenvalue weighted by molar-refractivity contribution is 8.03. The molecule has 2 aliphatic rings. The first kappa shape index (κ1) is 9.98. The highest BCUT2D eigenvalue weighted by Gasteiger charge is 2.40. The molecule has 1 aliphatic carbocycles. The summed E-state index contributed by atoms with van der Waals surface area (Å²) < 4.78 is 0. The second-order valence-electron chi connectivity index (χ2n) is 4.30. The molecule has 16 heavy (non-hydrogen) atoms. The highest BCUT2D eigenvalue weighted by atomic mass is 32.2. The van der Waals surface area contributed by atoms with Crippen LogP contribution in [-0.2, 0) is 10.9 Å². The summed E-state index contributed by atoms with van der Waals surface area (Å²) in [6.45, 7) is 2.27. The summed E-state index contributed by atoms with van der Waals surface area (Å²) in [7, 11) is 0.211. The maximum atomic E-state index is 2.46. The first-order chi connectivity index (χ1) is 7.86. The molecule has 1 heteroatoms. The quantitative estimate of drug-likeness (QED) is 0.635. The molecule has 0 N–H and O–H groups in total. The fourth-order valence-corrected chi connectivity index (χ4v) is 4.70. The summed E-state index contributed by atoms with van der Waals surface area (Å²) >= 11 is 0. The van der Waals surface area contributed by atoms with Crippen molar-refractivity contribution in [3.8, 4) is 0 Å². The minimum Gasteiger partial charge on any atom is -0.0833 e. The molecule has 0 nitrogen and oxygen atoms in total. The molecule has 2 atom stereocenters. The molecule has 0 spiro atoms. The predicted molar refractivity (Wildman–Crippen MR) is 71.2 cm³/mol. The van der Waals surface area contributed by atoms with Crippen molar-refractivity contribution in [1.29, 1.82) is 0 Å². The van der Waals surface area contributed by atoms with Gasteiger partial charge in [0, 0.05) is 0 Å². The molecule has 0 saturated carbocycles.